The van der Waals surface area contributed by atoms with Gasteiger partial charge in [-0.2, -0.15) is 4.31 Å². The van der Waals surface area contributed by atoms with Crippen molar-refractivity contribution < 1.29 is 31.8 Å². The Morgan fingerprint density at radius 2 is 1.73 bits per heavy atom. The maximum Gasteiger partial charge on any atom is 0.363 e. The highest BCUT2D eigenvalue weighted by Crippen LogP contribution is 2.30. The maximum absolute atomic E-state index is 13.2. The molecule has 0 spiro atoms. The standard InChI is InChI=1S/C26H31N3O7S/c1-4-33-26(30)25(36-23-8-6-5-7-22(23)24-27-13-18-34-24)28-14-16-29(17-15-28)37(31,32)21-11-9-20(10-12-21)35-19(2)3/h5-13,18-19,25H,4,14-17H2,1-3H3. The molecule has 2 heterocycles. The number of hydrogen-bond donors (Lipinski definition) is 0. The number of oxazole rings is 1. The van der Waals surface area contributed by atoms with Crippen LogP contribution >= 0.6 is 0 Å². The van der Waals surface area contributed by atoms with E-state index < -0.39 is 22.2 Å². The van der Waals surface area contributed by atoms with Gasteiger partial charge in [0.15, 0.2) is 0 Å². The van der Waals surface area contributed by atoms with E-state index >= 15 is 0 Å². The summed E-state index contributed by atoms with van der Waals surface area (Å²) in [6.45, 7) is 6.65. The van der Waals surface area contributed by atoms with Gasteiger partial charge in [-0.25, -0.2) is 18.2 Å². The molecule has 4 rings (SSSR count). The summed E-state index contributed by atoms with van der Waals surface area (Å²) >= 11 is 0. The van der Waals surface area contributed by atoms with E-state index in [2.05, 4.69) is 4.98 Å². The topological polar surface area (TPSA) is 111 Å². The Morgan fingerprint density at radius 1 is 1.03 bits per heavy atom. The summed E-state index contributed by atoms with van der Waals surface area (Å²) in [7, 11) is -3.71. The summed E-state index contributed by atoms with van der Waals surface area (Å²) in [6, 6.07) is 13.5. The monoisotopic (exact) mass is 529 g/mol. The number of hydrogen-bond acceptors (Lipinski definition) is 9. The van der Waals surface area contributed by atoms with Crippen LogP contribution in [0.3, 0.4) is 0 Å². The van der Waals surface area contributed by atoms with E-state index in [0.717, 1.165) is 0 Å². The molecule has 2 aromatic carbocycles. The van der Waals surface area contributed by atoms with E-state index in [4.69, 9.17) is 18.6 Å². The molecular weight excluding hydrogens is 498 g/mol. The van der Waals surface area contributed by atoms with E-state index in [1.54, 1.807) is 54.3 Å². The lowest BCUT2D eigenvalue weighted by atomic mass is 10.2. The zero-order valence-electron chi connectivity index (χ0n) is 21.1. The maximum atomic E-state index is 13.2. The third-order valence-corrected chi connectivity index (χ3v) is 7.63. The van der Waals surface area contributed by atoms with Crippen LogP contribution in [0.25, 0.3) is 11.5 Å². The number of carbonyl (C=O) groups excluding carboxylic acids is 1. The minimum Gasteiger partial charge on any atom is -0.491 e. The third-order valence-electron chi connectivity index (χ3n) is 5.71. The molecule has 1 aliphatic heterocycles. The van der Waals surface area contributed by atoms with Crippen LogP contribution in [0, 0.1) is 0 Å². The number of piperazine rings is 1. The lowest BCUT2D eigenvalue weighted by Crippen LogP contribution is -2.56. The first-order chi connectivity index (χ1) is 17.8. The quantitative estimate of drug-likeness (QED) is 0.365. The second-order valence-corrected chi connectivity index (χ2v) is 10.6. The Hall–Kier alpha value is -3.41. The molecule has 198 valence electrons. The first-order valence-corrected chi connectivity index (χ1v) is 13.6. The fraction of sp³-hybridized carbons (Fsp3) is 0.385. The minimum atomic E-state index is -3.71. The highest BCUT2D eigenvalue weighted by Gasteiger charge is 2.36. The minimum absolute atomic E-state index is 0.00703. The highest BCUT2D eigenvalue weighted by molar-refractivity contribution is 7.89. The molecule has 37 heavy (non-hydrogen) atoms. The van der Waals surface area contributed by atoms with Crippen LogP contribution in [-0.4, -0.2) is 73.7 Å². The van der Waals surface area contributed by atoms with Crippen LogP contribution in [0.1, 0.15) is 20.8 Å². The van der Waals surface area contributed by atoms with Crippen molar-refractivity contribution in [3.05, 3.63) is 61.0 Å². The second kappa shape index (κ2) is 11.8. The molecule has 1 aromatic heterocycles. The molecular formula is C26H31N3O7S. The van der Waals surface area contributed by atoms with Crippen LogP contribution in [0.15, 0.2) is 70.3 Å². The molecule has 11 heteroatoms. The lowest BCUT2D eigenvalue weighted by Gasteiger charge is -2.37. The number of nitrogens with zero attached hydrogens (tertiary/aromatic N) is 3. The van der Waals surface area contributed by atoms with Gasteiger partial charge in [0.1, 0.15) is 17.8 Å². The molecule has 1 atom stereocenters. The van der Waals surface area contributed by atoms with Crippen molar-refractivity contribution in [2.45, 2.75) is 38.0 Å². The molecule has 1 saturated heterocycles. The van der Waals surface area contributed by atoms with Crippen molar-refractivity contribution in [3.8, 4) is 23.0 Å². The predicted octanol–water partition coefficient (Wildman–Crippen LogP) is 3.40. The van der Waals surface area contributed by atoms with E-state index in [-0.39, 0.29) is 43.8 Å². The summed E-state index contributed by atoms with van der Waals surface area (Å²) in [4.78, 5) is 19.0. The second-order valence-electron chi connectivity index (χ2n) is 8.63. The van der Waals surface area contributed by atoms with Crippen molar-refractivity contribution in [2.24, 2.45) is 0 Å². The molecule has 0 bridgehead atoms. The van der Waals surface area contributed by atoms with Gasteiger partial charge >= 0.3 is 5.97 Å². The third kappa shape index (κ3) is 6.30. The Morgan fingerprint density at radius 3 is 2.35 bits per heavy atom. The lowest BCUT2D eigenvalue weighted by molar-refractivity contribution is -0.162. The van der Waals surface area contributed by atoms with Gasteiger partial charge in [-0.1, -0.05) is 12.1 Å². The number of carbonyl (C=O) groups is 1. The fourth-order valence-corrected chi connectivity index (χ4v) is 5.42. The molecule has 1 unspecified atom stereocenters. The van der Waals surface area contributed by atoms with E-state index in [1.807, 2.05) is 19.9 Å². The zero-order valence-corrected chi connectivity index (χ0v) is 21.9. The van der Waals surface area contributed by atoms with Crippen molar-refractivity contribution >= 4 is 16.0 Å². The SMILES string of the molecule is CCOC(=O)C(Oc1ccccc1-c1ncco1)N1CCN(S(=O)(=O)c2ccc(OC(C)C)cc2)CC1. The number of benzene rings is 2. The Balaban J connectivity index is 1.48. The number of ether oxygens (including phenoxy) is 3. The van der Waals surface area contributed by atoms with Crippen molar-refractivity contribution in [1.29, 1.82) is 0 Å². The Labute approximate surface area is 216 Å². The van der Waals surface area contributed by atoms with Gasteiger partial charge in [-0.05, 0) is 57.2 Å². The first-order valence-electron chi connectivity index (χ1n) is 12.1. The van der Waals surface area contributed by atoms with Gasteiger partial charge in [-0.15, -0.1) is 0 Å². The molecule has 0 saturated carbocycles. The summed E-state index contributed by atoms with van der Waals surface area (Å²) in [5.41, 5.74) is 0.591. The Bertz CT molecular complexity index is 1270. The Kier molecular flexibility index (Phi) is 8.47. The van der Waals surface area contributed by atoms with Crippen LogP contribution in [0.5, 0.6) is 11.5 Å². The summed E-state index contributed by atoms with van der Waals surface area (Å²) in [6.07, 6.45) is 1.92. The van der Waals surface area contributed by atoms with E-state index in [1.165, 1.54) is 16.8 Å². The van der Waals surface area contributed by atoms with Gasteiger partial charge in [-0.3, -0.25) is 4.90 Å². The van der Waals surface area contributed by atoms with Crippen LogP contribution in [0.4, 0.5) is 0 Å². The number of aromatic nitrogens is 1. The van der Waals surface area contributed by atoms with Crippen LogP contribution in [-0.2, 0) is 19.6 Å². The summed E-state index contributed by atoms with van der Waals surface area (Å²) in [5, 5.41) is 0. The number of rotatable bonds is 10. The molecule has 3 aromatic rings. The molecule has 1 fully saturated rings. The number of esters is 1. The van der Waals surface area contributed by atoms with Gasteiger partial charge in [0.05, 0.1) is 29.4 Å². The largest absolute Gasteiger partial charge is 0.491 e. The first kappa shape index (κ1) is 26.6. The van der Waals surface area contributed by atoms with Crippen LogP contribution < -0.4 is 9.47 Å². The molecule has 1 aliphatic rings. The molecule has 10 nitrogen and oxygen atoms in total. The smallest absolute Gasteiger partial charge is 0.363 e. The predicted molar refractivity (Wildman–Crippen MR) is 136 cm³/mol. The van der Waals surface area contributed by atoms with Gasteiger partial charge < -0.3 is 18.6 Å². The average molecular weight is 530 g/mol. The summed E-state index contributed by atoms with van der Waals surface area (Å²) in [5.74, 6) is 0.820. The molecule has 0 N–H and O–H groups in total. The molecule has 0 aliphatic carbocycles. The van der Waals surface area contributed by atoms with E-state index in [0.29, 0.717) is 23.0 Å². The van der Waals surface area contributed by atoms with Gasteiger partial charge in [0.25, 0.3) is 6.23 Å². The summed E-state index contributed by atoms with van der Waals surface area (Å²) < 4.78 is 50.3. The van der Waals surface area contributed by atoms with E-state index in [9.17, 15) is 13.2 Å². The van der Waals surface area contributed by atoms with Crippen molar-refractivity contribution in [2.75, 3.05) is 32.8 Å². The number of sulfonamides is 1. The van der Waals surface area contributed by atoms with Crippen LogP contribution in [0.2, 0.25) is 0 Å². The van der Waals surface area contributed by atoms with Gasteiger partial charge in [0.2, 0.25) is 15.9 Å². The van der Waals surface area contributed by atoms with Gasteiger partial charge in [0, 0.05) is 26.2 Å². The highest BCUT2D eigenvalue weighted by atomic mass is 32.2. The number of para-hydroxylation sites is 1. The fourth-order valence-electron chi connectivity index (χ4n) is 4.00. The molecule has 0 radical (unpaired) electrons. The van der Waals surface area contributed by atoms with Crippen molar-refractivity contribution in [3.63, 3.8) is 0 Å². The normalized spacial score (nSPS) is 15.9. The zero-order chi connectivity index (χ0) is 26.4. The molecule has 0 amide bonds. The average Bonchev–Trinajstić information content (AvgIpc) is 3.43. The van der Waals surface area contributed by atoms with Crippen molar-refractivity contribution in [1.82, 2.24) is 14.2 Å².